The lowest BCUT2D eigenvalue weighted by Gasteiger charge is -2.15. The lowest BCUT2D eigenvalue weighted by Crippen LogP contribution is -2.18. The Labute approximate surface area is 117 Å². The van der Waals surface area contributed by atoms with E-state index in [9.17, 15) is 0 Å². The molecule has 0 saturated heterocycles. The van der Waals surface area contributed by atoms with Gasteiger partial charge >= 0.3 is 0 Å². The molecule has 0 amide bonds. The highest BCUT2D eigenvalue weighted by atomic mass is 35.5. The fraction of sp³-hybridized carbons (Fsp3) is 0.286. The number of nitrogens with one attached hydrogen (secondary N) is 1. The molecular formula is C14H15Cl2NO. The molecule has 1 atom stereocenters. The molecule has 0 radical (unpaired) electrons. The summed E-state index contributed by atoms with van der Waals surface area (Å²) in [5, 5.41) is 4.48. The van der Waals surface area contributed by atoms with Crippen molar-refractivity contribution in [2.75, 3.05) is 7.05 Å². The molecule has 96 valence electrons. The number of aryl methyl sites for hydroxylation is 1. The molecule has 0 aliphatic rings. The highest BCUT2D eigenvalue weighted by molar-refractivity contribution is 6.42. The maximum atomic E-state index is 6.20. The topological polar surface area (TPSA) is 25.2 Å². The van der Waals surface area contributed by atoms with Crippen LogP contribution in [0, 0.1) is 6.92 Å². The van der Waals surface area contributed by atoms with Crippen LogP contribution in [-0.4, -0.2) is 7.05 Å². The van der Waals surface area contributed by atoms with E-state index in [-0.39, 0.29) is 6.04 Å². The summed E-state index contributed by atoms with van der Waals surface area (Å²) in [6.45, 7) is 1.93. The minimum absolute atomic E-state index is 0.165. The standard InChI is InChI=1S/C14H15Cl2NO/c1-9-6-11(8-18-9)13(17-2)7-10-4-3-5-12(15)14(10)16/h3-6,8,13,17H,7H2,1-2H3. The van der Waals surface area contributed by atoms with E-state index >= 15 is 0 Å². The van der Waals surface area contributed by atoms with Crippen molar-refractivity contribution < 1.29 is 4.42 Å². The van der Waals surface area contributed by atoms with E-state index in [4.69, 9.17) is 27.6 Å². The maximum Gasteiger partial charge on any atom is 0.101 e. The summed E-state index contributed by atoms with van der Waals surface area (Å²) in [7, 11) is 1.92. The Morgan fingerprint density at radius 1 is 1.33 bits per heavy atom. The fourth-order valence-electron chi connectivity index (χ4n) is 1.96. The van der Waals surface area contributed by atoms with E-state index in [1.54, 1.807) is 12.3 Å². The van der Waals surface area contributed by atoms with E-state index in [1.807, 2.05) is 32.2 Å². The van der Waals surface area contributed by atoms with E-state index in [0.29, 0.717) is 10.0 Å². The van der Waals surface area contributed by atoms with E-state index in [1.165, 1.54) is 0 Å². The molecule has 1 aromatic carbocycles. The van der Waals surface area contributed by atoms with Crippen LogP contribution in [0.1, 0.15) is 22.9 Å². The van der Waals surface area contributed by atoms with Gasteiger partial charge in [-0.25, -0.2) is 0 Å². The van der Waals surface area contributed by atoms with E-state index in [2.05, 4.69) is 5.32 Å². The molecule has 0 aliphatic carbocycles. The van der Waals surface area contributed by atoms with Crippen molar-refractivity contribution in [1.29, 1.82) is 0 Å². The average molecular weight is 284 g/mol. The molecule has 2 nitrogen and oxygen atoms in total. The molecular weight excluding hydrogens is 269 g/mol. The minimum atomic E-state index is 0.165. The predicted octanol–water partition coefficient (Wildman–Crippen LogP) is 4.40. The molecule has 1 unspecified atom stereocenters. The summed E-state index contributed by atoms with van der Waals surface area (Å²) >= 11 is 12.2. The van der Waals surface area contributed by atoms with Gasteiger partial charge in [0.05, 0.1) is 16.3 Å². The third-order valence-corrected chi connectivity index (χ3v) is 3.82. The van der Waals surface area contributed by atoms with Gasteiger partial charge in [0.15, 0.2) is 0 Å². The van der Waals surface area contributed by atoms with Crippen LogP contribution in [0.15, 0.2) is 34.9 Å². The highest BCUT2D eigenvalue weighted by Gasteiger charge is 2.15. The molecule has 0 bridgehead atoms. The monoisotopic (exact) mass is 283 g/mol. The van der Waals surface area contributed by atoms with Gasteiger partial charge in [0, 0.05) is 11.6 Å². The van der Waals surface area contributed by atoms with Crippen LogP contribution in [0.4, 0.5) is 0 Å². The van der Waals surface area contributed by atoms with Gasteiger partial charge in [-0.1, -0.05) is 35.3 Å². The van der Waals surface area contributed by atoms with Crippen molar-refractivity contribution in [3.63, 3.8) is 0 Å². The van der Waals surface area contributed by atoms with Crippen LogP contribution in [0.3, 0.4) is 0 Å². The Kier molecular flexibility index (Phi) is 4.33. The number of hydrogen-bond donors (Lipinski definition) is 1. The number of furan rings is 1. The van der Waals surface area contributed by atoms with E-state index < -0.39 is 0 Å². The zero-order valence-corrected chi connectivity index (χ0v) is 11.8. The second-order valence-corrected chi connectivity index (χ2v) is 5.03. The van der Waals surface area contributed by atoms with Crippen molar-refractivity contribution in [2.24, 2.45) is 0 Å². The molecule has 2 aromatic rings. The summed E-state index contributed by atoms with van der Waals surface area (Å²) in [5.41, 5.74) is 2.15. The second kappa shape index (κ2) is 5.79. The number of benzene rings is 1. The molecule has 0 spiro atoms. The third-order valence-electron chi connectivity index (χ3n) is 2.96. The average Bonchev–Trinajstić information content (AvgIpc) is 2.78. The van der Waals surface area contributed by atoms with Gasteiger partial charge in [-0.15, -0.1) is 0 Å². The Balaban J connectivity index is 2.23. The van der Waals surface area contributed by atoms with Crippen molar-refractivity contribution in [3.05, 3.63) is 57.5 Å². The van der Waals surface area contributed by atoms with Crippen LogP contribution in [0.2, 0.25) is 10.0 Å². The molecule has 1 N–H and O–H groups in total. The quantitative estimate of drug-likeness (QED) is 0.900. The highest BCUT2D eigenvalue weighted by Crippen LogP contribution is 2.29. The Bertz CT molecular complexity index is 536. The fourth-order valence-corrected chi connectivity index (χ4v) is 2.36. The van der Waals surface area contributed by atoms with Gasteiger partial charge in [-0.3, -0.25) is 0 Å². The van der Waals surface area contributed by atoms with Crippen molar-refractivity contribution in [2.45, 2.75) is 19.4 Å². The summed E-state index contributed by atoms with van der Waals surface area (Å²) in [6, 6.07) is 7.89. The van der Waals surface area contributed by atoms with Gasteiger partial charge in [-0.2, -0.15) is 0 Å². The number of likely N-dealkylation sites (N-methyl/N-ethyl adjacent to an activating group) is 1. The summed E-state index contributed by atoms with van der Waals surface area (Å²) in [4.78, 5) is 0. The van der Waals surface area contributed by atoms with Crippen LogP contribution in [0.5, 0.6) is 0 Å². The first-order valence-corrected chi connectivity index (χ1v) is 6.52. The smallest absolute Gasteiger partial charge is 0.101 e. The summed E-state index contributed by atoms with van der Waals surface area (Å²) < 4.78 is 5.34. The van der Waals surface area contributed by atoms with Crippen LogP contribution >= 0.6 is 23.2 Å². The summed E-state index contributed by atoms with van der Waals surface area (Å²) in [6.07, 6.45) is 2.55. The van der Waals surface area contributed by atoms with Crippen LogP contribution in [-0.2, 0) is 6.42 Å². The molecule has 0 saturated carbocycles. The molecule has 2 rings (SSSR count). The van der Waals surface area contributed by atoms with E-state index in [0.717, 1.165) is 23.3 Å². The first kappa shape index (κ1) is 13.5. The first-order chi connectivity index (χ1) is 8.61. The predicted molar refractivity (Wildman–Crippen MR) is 75.4 cm³/mol. The van der Waals surface area contributed by atoms with Crippen LogP contribution < -0.4 is 5.32 Å². The van der Waals surface area contributed by atoms with Gasteiger partial charge in [-0.05, 0) is 38.1 Å². The minimum Gasteiger partial charge on any atom is -0.469 e. The second-order valence-electron chi connectivity index (χ2n) is 4.25. The van der Waals surface area contributed by atoms with Crippen LogP contribution in [0.25, 0.3) is 0 Å². The first-order valence-electron chi connectivity index (χ1n) is 5.77. The summed E-state index contributed by atoms with van der Waals surface area (Å²) in [5.74, 6) is 0.905. The zero-order chi connectivity index (χ0) is 13.1. The number of rotatable bonds is 4. The van der Waals surface area contributed by atoms with Gasteiger partial charge in [0.1, 0.15) is 5.76 Å². The van der Waals surface area contributed by atoms with Gasteiger partial charge in [0.25, 0.3) is 0 Å². The molecule has 4 heteroatoms. The Morgan fingerprint density at radius 3 is 2.72 bits per heavy atom. The lowest BCUT2D eigenvalue weighted by molar-refractivity contribution is 0.520. The molecule has 0 fully saturated rings. The number of hydrogen-bond acceptors (Lipinski definition) is 2. The Morgan fingerprint density at radius 2 is 2.11 bits per heavy atom. The maximum absolute atomic E-state index is 6.20. The largest absolute Gasteiger partial charge is 0.469 e. The van der Waals surface area contributed by atoms with Crippen molar-refractivity contribution in [1.82, 2.24) is 5.32 Å². The third kappa shape index (κ3) is 2.89. The molecule has 1 aromatic heterocycles. The zero-order valence-electron chi connectivity index (χ0n) is 10.3. The number of halogens is 2. The van der Waals surface area contributed by atoms with Gasteiger partial charge in [0.2, 0.25) is 0 Å². The van der Waals surface area contributed by atoms with Crippen molar-refractivity contribution >= 4 is 23.2 Å². The lowest BCUT2D eigenvalue weighted by atomic mass is 10.0. The van der Waals surface area contributed by atoms with Crippen molar-refractivity contribution in [3.8, 4) is 0 Å². The Hall–Kier alpha value is -0.960. The SMILES string of the molecule is CNC(Cc1cccc(Cl)c1Cl)c1coc(C)c1. The molecule has 0 aliphatic heterocycles. The molecule has 18 heavy (non-hydrogen) atoms. The normalized spacial score (nSPS) is 12.7. The molecule has 1 heterocycles. The van der Waals surface area contributed by atoms with Gasteiger partial charge < -0.3 is 9.73 Å².